The Balaban J connectivity index is 1.34. The minimum absolute atomic E-state index is 0.185. The number of hydrogen-bond donors (Lipinski definition) is 1. The maximum absolute atomic E-state index is 12.7. The number of benzene rings is 3. The van der Waals surface area contributed by atoms with Gasteiger partial charge < -0.3 is 14.8 Å². The molecule has 1 amide bonds. The van der Waals surface area contributed by atoms with Gasteiger partial charge in [0.05, 0.1) is 18.1 Å². The topological polar surface area (TPSA) is 84.9 Å². The van der Waals surface area contributed by atoms with Crippen molar-refractivity contribution in [1.29, 1.82) is 0 Å². The monoisotopic (exact) mass is 466 g/mol. The van der Waals surface area contributed by atoms with E-state index in [9.17, 15) is 13.2 Å². The number of para-hydroxylation sites is 1. The fourth-order valence-electron chi connectivity index (χ4n) is 3.59. The molecule has 1 N–H and O–H groups in total. The second-order valence-corrected chi connectivity index (χ2v) is 9.58. The molecule has 1 aliphatic rings. The van der Waals surface area contributed by atoms with Crippen molar-refractivity contribution >= 4 is 21.6 Å². The van der Waals surface area contributed by atoms with Gasteiger partial charge in [0.25, 0.3) is 5.91 Å². The minimum Gasteiger partial charge on any atom is -0.484 e. The molecule has 172 valence electrons. The van der Waals surface area contributed by atoms with Gasteiger partial charge in [0.15, 0.2) is 6.61 Å². The van der Waals surface area contributed by atoms with Crippen LogP contribution in [0.2, 0.25) is 0 Å². The van der Waals surface area contributed by atoms with Crippen LogP contribution in [0.5, 0.6) is 5.75 Å². The lowest BCUT2D eigenvalue weighted by atomic mass is 10.0. The van der Waals surface area contributed by atoms with Gasteiger partial charge in [0.2, 0.25) is 10.0 Å². The largest absolute Gasteiger partial charge is 0.484 e. The van der Waals surface area contributed by atoms with Gasteiger partial charge in [-0.15, -0.1) is 0 Å². The minimum atomic E-state index is -3.56. The molecule has 1 fully saturated rings. The van der Waals surface area contributed by atoms with Crippen LogP contribution in [0.4, 0.5) is 5.69 Å². The second-order valence-electron chi connectivity index (χ2n) is 7.64. The summed E-state index contributed by atoms with van der Waals surface area (Å²) in [7, 11) is -3.56. The molecule has 7 nitrogen and oxygen atoms in total. The SMILES string of the molecule is O=C(COc1ccc(S(=O)(=O)N2CCOCC2)cc1)Nc1ccccc1Cc1ccccc1. The molecule has 8 heteroatoms. The fourth-order valence-corrected chi connectivity index (χ4v) is 5.00. The molecule has 3 aromatic rings. The van der Waals surface area contributed by atoms with E-state index < -0.39 is 10.0 Å². The van der Waals surface area contributed by atoms with Crippen molar-refractivity contribution in [1.82, 2.24) is 4.31 Å². The van der Waals surface area contributed by atoms with E-state index in [-0.39, 0.29) is 17.4 Å². The first-order valence-electron chi connectivity index (χ1n) is 10.7. The molecule has 1 saturated heterocycles. The smallest absolute Gasteiger partial charge is 0.262 e. The van der Waals surface area contributed by atoms with E-state index >= 15 is 0 Å². The Bertz CT molecular complexity index is 1170. The molecule has 0 unspecified atom stereocenters. The number of anilines is 1. The molecule has 4 rings (SSSR count). The number of carbonyl (C=O) groups is 1. The van der Waals surface area contributed by atoms with Crippen molar-refractivity contribution in [3.05, 3.63) is 90.0 Å². The lowest BCUT2D eigenvalue weighted by Crippen LogP contribution is -2.40. The van der Waals surface area contributed by atoms with Crippen molar-refractivity contribution in [2.24, 2.45) is 0 Å². The maximum Gasteiger partial charge on any atom is 0.262 e. The van der Waals surface area contributed by atoms with Gasteiger partial charge in [-0.25, -0.2) is 8.42 Å². The van der Waals surface area contributed by atoms with E-state index in [1.165, 1.54) is 16.4 Å². The lowest BCUT2D eigenvalue weighted by molar-refractivity contribution is -0.118. The van der Waals surface area contributed by atoms with E-state index in [1.807, 2.05) is 54.6 Å². The van der Waals surface area contributed by atoms with Crippen LogP contribution in [-0.2, 0) is 26.0 Å². The molecule has 1 aliphatic heterocycles. The summed E-state index contributed by atoms with van der Waals surface area (Å²) in [5, 5.41) is 2.90. The number of rotatable bonds is 8. The van der Waals surface area contributed by atoms with E-state index in [2.05, 4.69) is 5.32 Å². The molecule has 0 bridgehead atoms. The quantitative estimate of drug-likeness (QED) is 0.551. The maximum atomic E-state index is 12.7. The fraction of sp³-hybridized carbons (Fsp3) is 0.240. The van der Waals surface area contributed by atoms with Crippen LogP contribution in [0.1, 0.15) is 11.1 Å². The Morgan fingerprint density at radius 3 is 2.30 bits per heavy atom. The van der Waals surface area contributed by atoms with Gasteiger partial charge in [-0.05, 0) is 47.9 Å². The summed E-state index contributed by atoms with van der Waals surface area (Å²) in [6, 6.07) is 23.8. The molecule has 0 aliphatic carbocycles. The van der Waals surface area contributed by atoms with Crippen molar-refractivity contribution in [3.63, 3.8) is 0 Å². The highest BCUT2D eigenvalue weighted by Gasteiger charge is 2.26. The van der Waals surface area contributed by atoms with Crippen molar-refractivity contribution in [2.45, 2.75) is 11.3 Å². The first-order valence-corrected chi connectivity index (χ1v) is 12.2. The van der Waals surface area contributed by atoms with Crippen LogP contribution in [0.25, 0.3) is 0 Å². The Morgan fingerprint density at radius 2 is 1.58 bits per heavy atom. The normalized spacial score (nSPS) is 14.5. The second kappa shape index (κ2) is 10.6. The van der Waals surface area contributed by atoms with Crippen LogP contribution in [0.3, 0.4) is 0 Å². The Hall–Kier alpha value is -3.20. The van der Waals surface area contributed by atoms with Gasteiger partial charge in [0.1, 0.15) is 5.75 Å². The highest BCUT2D eigenvalue weighted by Crippen LogP contribution is 2.21. The summed E-state index contributed by atoms with van der Waals surface area (Å²) in [6.45, 7) is 1.28. The van der Waals surface area contributed by atoms with Gasteiger partial charge in [-0.3, -0.25) is 4.79 Å². The molecule has 0 spiro atoms. The number of nitrogens with zero attached hydrogens (tertiary/aromatic N) is 1. The van der Waals surface area contributed by atoms with Crippen LogP contribution in [0, 0.1) is 0 Å². The molecule has 33 heavy (non-hydrogen) atoms. The van der Waals surface area contributed by atoms with E-state index in [1.54, 1.807) is 12.1 Å². The lowest BCUT2D eigenvalue weighted by Gasteiger charge is -2.26. The predicted molar refractivity (Wildman–Crippen MR) is 126 cm³/mol. The highest BCUT2D eigenvalue weighted by molar-refractivity contribution is 7.89. The number of amides is 1. The number of nitrogens with one attached hydrogen (secondary N) is 1. The van der Waals surface area contributed by atoms with Crippen LogP contribution in [-0.4, -0.2) is 51.5 Å². The zero-order valence-corrected chi connectivity index (χ0v) is 19.0. The molecule has 0 radical (unpaired) electrons. The predicted octanol–water partition coefficient (Wildman–Crippen LogP) is 3.32. The number of sulfonamides is 1. The zero-order valence-electron chi connectivity index (χ0n) is 18.1. The first kappa shape index (κ1) is 23.0. The third kappa shape index (κ3) is 5.98. The Morgan fingerprint density at radius 1 is 0.909 bits per heavy atom. The first-order chi connectivity index (χ1) is 16.0. The molecular weight excluding hydrogens is 440 g/mol. The summed E-state index contributed by atoms with van der Waals surface area (Å²) in [4.78, 5) is 12.7. The molecule has 3 aromatic carbocycles. The average molecular weight is 467 g/mol. The molecule has 0 atom stereocenters. The molecular formula is C25H26N2O5S. The average Bonchev–Trinajstić information content (AvgIpc) is 2.85. The Labute approximate surface area is 194 Å². The number of ether oxygens (including phenoxy) is 2. The van der Waals surface area contributed by atoms with Crippen LogP contribution < -0.4 is 10.1 Å². The summed E-state index contributed by atoms with van der Waals surface area (Å²) in [5.41, 5.74) is 2.90. The number of hydrogen-bond acceptors (Lipinski definition) is 5. The zero-order chi connectivity index (χ0) is 23.1. The van der Waals surface area contributed by atoms with Crippen LogP contribution >= 0.6 is 0 Å². The standard InChI is InChI=1S/C25H26N2O5S/c28-25(26-24-9-5-4-8-21(24)18-20-6-2-1-3-7-20)19-32-22-10-12-23(13-11-22)33(29,30)27-14-16-31-17-15-27/h1-13H,14-19H2,(H,26,28). The van der Waals surface area contributed by atoms with E-state index in [0.717, 1.165) is 16.8 Å². The third-order valence-electron chi connectivity index (χ3n) is 5.33. The summed E-state index contributed by atoms with van der Waals surface area (Å²) in [6.07, 6.45) is 0.706. The summed E-state index contributed by atoms with van der Waals surface area (Å²) >= 11 is 0. The van der Waals surface area contributed by atoms with E-state index in [0.29, 0.717) is 38.5 Å². The third-order valence-corrected chi connectivity index (χ3v) is 7.24. The molecule has 0 saturated carbocycles. The molecule has 0 aromatic heterocycles. The van der Waals surface area contributed by atoms with E-state index in [4.69, 9.17) is 9.47 Å². The number of morpholine rings is 1. The van der Waals surface area contributed by atoms with Gasteiger partial charge >= 0.3 is 0 Å². The van der Waals surface area contributed by atoms with Gasteiger partial charge in [-0.2, -0.15) is 4.31 Å². The highest BCUT2D eigenvalue weighted by atomic mass is 32.2. The van der Waals surface area contributed by atoms with Gasteiger partial charge in [0, 0.05) is 18.8 Å². The molecule has 1 heterocycles. The van der Waals surface area contributed by atoms with Crippen molar-refractivity contribution in [2.75, 3.05) is 38.2 Å². The number of carbonyl (C=O) groups excluding carboxylic acids is 1. The Kier molecular flexibility index (Phi) is 7.39. The van der Waals surface area contributed by atoms with Crippen molar-refractivity contribution in [3.8, 4) is 5.75 Å². The van der Waals surface area contributed by atoms with Crippen LogP contribution in [0.15, 0.2) is 83.8 Å². The summed E-state index contributed by atoms with van der Waals surface area (Å²) < 4.78 is 37.6. The van der Waals surface area contributed by atoms with Gasteiger partial charge in [-0.1, -0.05) is 48.5 Å². The van der Waals surface area contributed by atoms with Crippen molar-refractivity contribution < 1.29 is 22.7 Å². The summed E-state index contributed by atoms with van der Waals surface area (Å²) in [5.74, 6) is 0.129.